The Hall–Kier alpha value is -1.62. The molecule has 5 nitrogen and oxygen atoms in total. The lowest BCUT2D eigenvalue weighted by Crippen LogP contribution is -2.27. The number of amides is 1. The van der Waals surface area contributed by atoms with E-state index >= 15 is 0 Å². The molecule has 1 aromatic rings. The summed E-state index contributed by atoms with van der Waals surface area (Å²) in [4.78, 5) is 17.6. The van der Waals surface area contributed by atoms with Gasteiger partial charge in [0.15, 0.2) is 0 Å². The number of aliphatic hydroxyl groups excluding tert-OH is 1. The van der Waals surface area contributed by atoms with Crippen molar-refractivity contribution in [1.29, 1.82) is 0 Å². The lowest BCUT2D eigenvalue weighted by molar-refractivity contribution is 0.0951. The van der Waals surface area contributed by atoms with E-state index in [0.717, 1.165) is 12.2 Å². The lowest BCUT2D eigenvalue weighted by atomic mass is 10.2. The van der Waals surface area contributed by atoms with Crippen LogP contribution >= 0.6 is 0 Å². The molecule has 1 amide bonds. The first-order valence-corrected chi connectivity index (χ1v) is 5.83. The number of hydrogen-bond acceptors (Lipinski definition) is 4. The first-order chi connectivity index (χ1) is 8.22. The molecule has 0 radical (unpaired) electrons. The van der Waals surface area contributed by atoms with Crippen molar-refractivity contribution >= 4 is 11.6 Å². The van der Waals surface area contributed by atoms with Gasteiger partial charge in [-0.1, -0.05) is 0 Å². The third-order valence-corrected chi connectivity index (χ3v) is 2.43. The molecule has 94 valence electrons. The van der Waals surface area contributed by atoms with Crippen LogP contribution < -0.4 is 10.2 Å². The number of aliphatic hydroxyl groups is 1. The fourth-order valence-electron chi connectivity index (χ4n) is 1.58. The minimum absolute atomic E-state index is 0.0899. The van der Waals surface area contributed by atoms with Gasteiger partial charge in [-0.05, 0) is 26.0 Å². The van der Waals surface area contributed by atoms with Gasteiger partial charge in [0, 0.05) is 31.5 Å². The maximum absolute atomic E-state index is 11.6. The quantitative estimate of drug-likeness (QED) is 0.762. The fraction of sp³-hybridized carbons (Fsp3) is 0.500. The van der Waals surface area contributed by atoms with E-state index in [9.17, 15) is 4.79 Å². The standard InChI is InChI=1S/C12H19N3O2/c1-3-13-12(17)11-9-10(5-6-14-11)15(4-2)7-8-16/h5-6,9,16H,3-4,7-8H2,1-2H3,(H,13,17). The number of nitrogens with one attached hydrogen (secondary N) is 1. The summed E-state index contributed by atoms with van der Waals surface area (Å²) in [5, 5.41) is 11.7. The number of anilines is 1. The van der Waals surface area contributed by atoms with Crippen molar-refractivity contribution in [2.24, 2.45) is 0 Å². The largest absolute Gasteiger partial charge is 0.395 e. The normalized spacial score (nSPS) is 10.1. The number of carbonyl (C=O) groups is 1. The van der Waals surface area contributed by atoms with Gasteiger partial charge in [-0.2, -0.15) is 0 Å². The number of pyridine rings is 1. The SMILES string of the molecule is CCNC(=O)c1cc(N(CC)CCO)ccn1. The Morgan fingerprint density at radius 1 is 1.53 bits per heavy atom. The van der Waals surface area contributed by atoms with Crippen molar-refractivity contribution in [1.82, 2.24) is 10.3 Å². The third kappa shape index (κ3) is 3.71. The van der Waals surface area contributed by atoms with Gasteiger partial charge in [0.1, 0.15) is 5.69 Å². The number of nitrogens with zero attached hydrogens (tertiary/aromatic N) is 2. The summed E-state index contributed by atoms with van der Waals surface area (Å²) in [5.41, 5.74) is 1.30. The van der Waals surface area contributed by atoms with Gasteiger partial charge in [0.25, 0.3) is 5.91 Å². The van der Waals surface area contributed by atoms with Gasteiger partial charge in [-0.15, -0.1) is 0 Å². The monoisotopic (exact) mass is 237 g/mol. The minimum Gasteiger partial charge on any atom is -0.395 e. The van der Waals surface area contributed by atoms with Gasteiger partial charge in [-0.3, -0.25) is 9.78 Å². The van der Waals surface area contributed by atoms with Crippen LogP contribution in [0.4, 0.5) is 5.69 Å². The molecule has 0 atom stereocenters. The summed E-state index contributed by atoms with van der Waals surface area (Å²) in [7, 11) is 0. The van der Waals surface area contributed by atoms with E-state index in [1.54, 1.807) is 12.3 Å². The summed E-state index contributed by atoms with van der Waals surface area (Å²) < 4.78 is 0. The molecular weight excluding hydrogens is 218 g/mol. The Balaban J connectivity index is 2.87. The Kier molecular flexibility index (Phi) is 5.42. The molecule has 0 fully saturated rings. The molecule has 0 saturated heterocycles. The Morgan fingerprint density at radius 3 is 2.88 bits per heavy atom. The first kappa shape index (κ1) is 13.4. The second-order valence-corrected chi connectivity index (χ2v) is 3.56. The molecule has 5 heteroatoms. The molecule has 0 spiro atoms. The molecular formula is C12H19N3O2. The van der Waals surface area contributed by atoms with E-state index in [0.29, 0.717) is 18.8 Å². The number of hydrogen-bond donors (Lipinski definition) is 2. The molecule has 0 aliphatic rings. The fourth-order valence-corrected chi connectivity index (χ4v) is 1.58. The molecule has 1 heterocycles. The van der Waals surface area contributed by atoms with Gasteiger partial charge in [0.2, 0.25) is 0 Å². The van der Waals surface area contributed by atoms with Crippen molar-refractivity contribution in [2.75, 3.05) is 31.1 Å². The highest BCUT2D eigenvalue weighted by atomic mass is 16.3. The van der Waals surface area contributed by atoms with Crippen molar-refractivity contribution in [3.05, 3.63) is 24.0 Å². The van der Waals surface area contributed by atoms with Gasteiger partial charge >= 0.3 is 0 Å². The predicted molar refractivity (Wildman–Crippen MR) is 67.2 cm³/mol. The zero-order chi connectivity index (χ0) is 12.7. The first-order valence-electron chi connectivity index (χ1n) is 5.83. The van der Waals surface area contributed by atoms with Crippen molar-refractivity contribution in [3.63, 3.8) is 0 Å². The summed E-state index contributed by atoms with van der Waals surface area (Å²) >= 11 is 0. The highest BCUT2D eigenvalue weighted by molar-refractivity contribution is 5.93. The number of carbonyl (C=O) groups excluding carboxylic acids is 1. The van der Waals surface area contributed by atoms with Gasteiger partial charge < -0.3 is 15.3 Å². The zero-order valence-electron chi connectivity index (χ0n) is 10.3. The van der Waals surface area contributed by atoms with Crippen LogP contribution in [0, 0.1) is 0 Å². The lowest BCUT2D eigenvalue weighted by Gasteiger charge is -2.22. The van der Waals surface area contributed by atoms with E-state index in [2.05, 4.69) is 10.3 Å². The summed E-state index contributed by atoms with van der Waals surface area (Å²) in [6.07, 6.45) is 1.61. The average Bonchev–Trinajstić information content (AvgIpc) is 2.36. The van der Waals surface area contributed by atoms with Crippen molar-refractivity contribution in [2.45, 2.75) is 13.8 Å². The van der Waals surface area contributed by atoms with Crippen LogP contribution in [0.5, 0.6) is 0 Å². The predicted octanol–water partition coefficient (Wildman–Crippen LogP) is 0.650. The molecule has 0 aromatic carbocycles. The highest BCUT2D eigenvalue weighted by Gasteiger charge is 2.09. The summed E-state index contributed by atoms with van der Waals surface area (Å²) in [5.74, 6) is -0.172. The Labute approximate surface area is 101 Å². The number of rotatable bonds is 6. The maximum atomic E-state index is 11.6. The van der Waals surface area contributed by atoms with Crippen molar-refractivity contribution in [3.8, 4) is 0 Å². The topological polar surface area (TPSA) is 65.5 Å². The highest BCUT2D eigenvalue weighted by Crippen LogP contribution is 2.13. The molecule has 17 heavy (non-hydrogen) atoms. The molecule has 0 aliphatic heterocycles. The summed E-state index contributed by atoms with van der Waals surface area (Å²) in [6.45, 7) is 5.87. The molecule has 0 unspecified atom stereocenters. The third-order valence-electron chi connectivity index (χ3n) is 2.43. The second-order valence-electron chi connectivity index (χ2n) is 3.56. The van der Waals surface area contributed by atoms with Crippen molar-refractivity contribution < 1.29 is 9.90 Å². The second kappa shape index (κ2) is 6.85. The van der Waals surface area contributed by atoms with E-state index in [-0.39, 0.29) is 12.5 Å². The van der Waals surface area contributed by atoms with E-state index in [4.69, 9.17) is 5.11 Å². The maximum Gasteiger partial charge on any atom is 0.269 e. The molecule has 0 saturated carbocycles. The smallest absolute Gasteiger partial charge is 0.269 e. The number of likely N-dealkylation sites (N-methyl/N-ethyl adjacent to an activating group) is 1. The Bertz CT molecular complexity index is 369. The minimum atomic E-state index is -0.172. The molecule has 0 aliphatic carbocycles. The van der Waals surface area contributed by atoms with E-state index in [1.165, 1.54) is 0 Å². The number of aromatic nitrogens is 1. The van der Waals surface area contributed by atoms with Crippen LogP contribution in [-0.4, -0.2) is 42.2 Å². The average molecular weight is 237 g/mol. The van der Waals surface area contributed by atoms with Crippen LogP contribution in [0.15, 0.2) is 18.3 Å². The molecule has 1 aromatic heterocycles. The van der Waals surface area contributed by atoms with Gasteiger partial charge in [0.05, 0.1) is 6.61 Å². The molecule has 2 N–H and O–H groups in total. The summed E-state index contributed by atoms with van der Waals surface area (Å²) in [6, 6.07) is 3.58. The van der Waals surface area contributed by atoms with Crippen LogP contribution in [0.1, 0.15) is 24.3 Å². The van der Waals surface area contributed by atoms with Gasteiger partial charge in [-0.25, -0.2) is 0 Å². The van der Waals surface area contributed by atoms with Crippen LogP contribution in [0.25, 0.3) is 0 Å². The van der Waals surface area contributed by atoms with E-state index < -0.39 is 0 Å². The zero-order valence-corrected chi connectivity index (χ0v) is 10.3. The van der Waals surface area contributed by atoms with Crippen LogP contribution in [-0.2, 0) is 0 Å². The van der Waals surface area contributed by atoms with Crippen LogP contribution in [0.2, 0.25) is 0 Å². The van der Waals surface area contributed by atoms with E-state index in [1.807, 2.05) is 24.8 Å². The molecule has 0 bridgehead atoms. The Morgan fingerprint density at radius 2 is 2.29 bits per heavy atom. The van der Waals surface area contributed by atoms with Crippen LogP contribution in [0.3, 0.4) is 0 Å². The molecule has 1 rings (SSSR count).